The summed E-state index contributed by atoms with van der Waals surface area (Å²) in [5.41, 5.74) is 0.981. The summed E-state index contributed by atoms with van der Waals surface area (Å²) in [5, 5.41) is 10.2. The highest BCUT2D eigenvalue weighted by Gasteiger charge is 2.18. The lowest BCUT2D eigenvalue weighted by atomic mass is 10.0. The summed E-state index contributed by atoms with van der Waals surface area (Å²) in [7, 11) is 0. The van der Waals surface area contributed by atoms with Gasteiger partial charge < -0.3 is 9.84 Å². The Labute approximate surface area is 124 Å². The maximum Gasteiger partial charge on any atom is 0.0802 e. The summed E-state index contributed by atoms with van der Waals surface area (Å²) in [6.07, 6.45) is 3.96. The van der Waals surface area contributed by atoms with Gasteiger partial charge in [-0.1, -0.05) is 15.9 Å². The van der Waals surface area contributed by atoms with Crippen molar-refractivity contribution in [2.75, 3.05) is 6.61 Å². The second kappa shape index (κ2) is 6.50. The molecular formula is C13H16BrIO2. The van der Waals surface area contributed by atoms with E-state index in [1.54, 1.807) is 0 Å². The minimum atomic E-state index is -0.400. The Bertz CT molecular complexity index is 378. The monoisotopic (exact) mass is 410 g/mol. The number of ether oxygens (including phenoxy) is 1. The highest BCUT2D eigenvalue weighted by molar-refractivity contribution is 14.1. The van der Waals surface area contributed by atoms with Gasteiger partial charge in [0.15, 0.2) is 0 Å². The molecular weight excluding hydrogens is 395 g/mol. The van der Waals surface area contributed by atoms with E-state index < -0.39 is 6.10 Å². The van der Waals surface area contributed by atoms with Crippen molar-refractivity contribution in [1.29, 1.82) is 0 Å². The Kier molecular flexibility index (Phi) is 5.26. The van der Waals surface area contributed by atoms with Crippen molar-refractivity contribution in [2.24, 2.45) is 0 Å². The van der Waals surface area contributed by atoms with Crippen LogP contribution in [0.5, 0.6) is 0 Å². The van der Waals surface area contributed by atoms with Gasteiger partial charge in [-0.05, 0) is 72.0 Å². The van der Waals surface area contributed by atoms with Crippen molar-refractivity contribution in [3.63, 3.8) is 0 Å². The fourth-order valence-electron chi connectivity index (χ4n) is 2.14. The van der Waals surface area contributed by atoms with Gasteiger partial charge in [-0.2, -0.15) is 0 Å². The molecule has 0 amide bonds. The number of aliphatic hydroxyl groups is 1. The molecule has 0 aliphatic carbocycles. The fourth-order valence-corrected chi connectivity index (χ4v) is 3.17. The lowest BCUT2D eigenvalue weighted by Gasteiger charge is -2.15. The van der Waals surface area contributed by atoms with E-state index in [-0.39, 0.29) is 0 Å². The van der Waals surface area contributed by atoms with E-state index in [4.69, 9.17) is 4.74 Å². The van der Waals surface area contributed by atoms with Crippen LogP contribution < -0.4 is 0 Å². The smallest absolute Gasteiger partial charge is 0.0802 e. The molecule has 1 aromatic rings. The normalized spacial score (nSPS) is 21.7. The van der Waals surface area contributed by atoms with Crippen LogP contribution in [0.4, 0.5) is 0 Å². The van der Waals surface area contributed by atoms with E-state index >= 15 is 0 Å². The van der Waals surface area contributed by atoms with E-state index in [9.17, 15) is 5.11 Å². The molecule has 0 radical (unpaired) electrons. The summed E-state index contributed by atoms with van der Waals surface area (Å²) in [6.45, 7) is 0.883. The van der Waals surface area contributed by atoms with E-state index in [1.807, 2.05) is 18.2 Å². The average Bonchev–Trinajstić information content (AvgIpc) is 2.82. The predicted octanol–water partition coefficient (Wildman–Crippen LogP) is 4.05. The Morgan fingerprint density at radius 2 is 2.35 bits per heavy atom. The van der Waals surface area contributed by atoms with Crippen LogP contribution in [0.15, 0.2) is 22.7 Å². The molecule has 17 heavy (non-hydrogen) atoms. The van der Waals surface area contributed by atoms with Gasteiger partial charge in [0.05, 0.1) is 12.2 Å². The molecule has 1 N–H and O–H groups in total. The first-order valence-electron chi connectivity index (χ1n) is 5.91. The Hall–Kier alpha value is 0.350. The van der Waals surface area contributed by atoms with Crippen LogP contribution in [-0.4, -0.2) is 17.8 Å². The molecule has 1 fully saturated rings. The maximum absolute atomic E-state index is 10.2. The lowest BCUT2D eigenvalue weighted by molar-refractivity contribution is 0.0810. The topological polar surface area (TPSA) is 29.5 Å². The number of aliphatic hydroxyl groups excluding tert-OH is 1. The van der Waals surface area contributed by atoms with Crippen molar-refractivity contribution < 1.29 is 9.84 Å². The van der Waals surface area contributed by atoms with Gasteiger partial charge in [0, 0.05) is 14.6 Å². The molecule has 2 rings (SSSR count). The third-order valence-electron chi connectivity index (χ3n) is 3.10. The highest BCUT2D eigenvalue weighted by Crippen LogP contribution is 2.29. The Morgan fingerprint density at radius 1 is 1.53 bits per heavy atom. The van der Waals surface area contributed by atoms with Crippen molar-refractivity contribution in [1.82, 2.24) is 0 Å². The van der Waals surface area contributed by atoms with Crippen molar-refractivity contribution in [2.45, 2.75) is 37.9 Å². The van der Waals surface area contributed by atoms with Gasteiger partial charge >= 0.3 is 0 Å². The third kappa shape index (κ3) is 3.91. The van der Waals surface area contributed by atoms with E-state index in [0.717, 1.165) is 45.9 Å². The number of hydrogen-bond acceptors (Lipinski definition) is 2. The molecule has 1 aromatic carbocycles. The molecule has 94 valence electrons. The summed E-state index contributed by atoms with van der Waals surface area (Å²) in [4.78, 5) is 0. The third-order valence-corrected chi connectivity index (χ3v) is 4.50. The molecule has 0 spiro atoms. The predicted molar refractivity (Wildman–Crippen MR) is 80.0 cm³/mol. The Morgan fingerprint density at radius 3 is 3.06 bits per heavy atom. The van der Waals surface area contributed by atoms with E-state index in [1.165, 1.54) is 0 Å². The van der Waals surface area contributed by atoms with Crippen LogP contribution in [0, 0.1) is 3.57 Å². The number of rotatable bonds is 4. The standard InChI is InChI=1S/C13H16BrIO2/c14-12-5-3-9(15)8-11(12)13(16)6-4-10-2-1-7-17-10/h3,5,8,10,13,16H,1-2,4,6-7H2. The van der Waals surface area contributed by atoms with Crippen LogP contribution in [0.1, 0.15) is 37.4 Å². The molecule has 2 atom stereocenters. The van der Waals surface area contributed by atoms with E-state index in [0.29, 0.717) is 6.10 Å². The minimum absolute atomic E-state index is 0.353. The first-order chi connectivity index (χ1) is 8.16. The summed E-state index contributed by atoms with van der Waals surface area (Å²) < 4.78 is 7.70. The molecule has 1 saturated heterocycles. The van der Waals surface area contributed by atoms with Gasteiger partial charge in [0.25, 0.3) is 0 Å². The first-order valence-corrected chi connectivity index (χ1v) is 7.78. The highest BCUT2D eigenvalue weighted by atomic mass is 127. The summed E-state index contributed by atoms with van der Waals surface area (Å²) in [5.74, 6) is 0. The molecule has 1 aliphatic rings. The van der Waals surface area contributed by atoms with Crippen LogP contribution >= 0.6 is 38.5 Å². The maximum atomic E-state index is 10.2. The van der Waals surface area contributed by atoms with Gasteiger partial charge in [-0.25, -0.2) is 0 Å². The van der Waals surface area contributed by atoms with Gasteiger partial charge in [0.2, 0.25) is 0 Å². The van der Waals surface area contributed by atoms with Crippen LogP contribution in [0.2, 0.25) is 0 Å². The van der Waals surface area contributed by atoms with Crippen LogP contribution in [-0.2, 0) is 4.74 Å². The van der Waals surface area contributed by atoms with Crippen molar-refractivity contribution in [3.05, 3.63) is 31.8 Å². The van der Waals surface area contributed by atoms with Gasteiger partial charge in [-0.15, -0.1) is 0 Å². The molecule has 0 bridgehead atoms. The minimum Gasteiger partial charge on any atom is -0.388 e. The SMILES string of the molecule is OC(CCC1CCCO1)c1cc(I)ccc1Br. The van der Waals surface area contributed by atoms with Crippen molar-refractivity contribution in [3.8, 4) is 0 Å². The molecule has 1 aliphatic heterocycles. The largest absolute Gasteiger partial charge is 0.388 e. The van der Waals surface area contributed by atoms with Crippen LogP contribution in [0.3, 0.4) is 0 Å². The van der Waals surface area contributed by atoms with E-state index in [2.05, 4.69) is 38.5 Å². The van der Waals surface area contributed by atoms with Gasteiger partial charge in [0.1, 0.15) is 0 Å². The average molecular weight is 411 g/mol. The quantitative estimate of drug-likeness (QED) is 0.759. The zero-order chi connectivity index (χ0) is 12.3. The zero-order valence-electron chi connectivity index (χ0n) is 9.53. The number of halogens is 2. The summed E-state index contributed by atoms with van der Waals surface area (Å²) in [6, 6.07) is 6.05. The molecule has 4 heteroatoms. The number of hydrogen-bond donors (Lipinski definition) is 1. The second-order valence-corrected chi connectivity index (χ2v) is 6.49. The molecule has 0 saturated carbocycles. The summed E-state index contributed by atoms with van der Waals surface area (Å²) >= 11 is 5.76. The first kappa shape index (κ1) is 13.8. The zero-order valence-corrected chi connectivity index (χ0v) is 13.3. The number of benzene rings is 1. The molecule has 1 heterocycles. The fraction of sp³-hybridized carbons (Fsp3) is 0.538. The van der Waals surface area contributed by atoms with Crippen LogP contribution in [0.25, 0.3) is 0 Å². The van der Waals surface area contributed by atoms with Crippen molar-refractivity contribution >= 4 is 38.5 Å². The molecule has 2 unspecified atom stereocenters. The molecule has 2 nitrogen and oxygen atoms in total. The second-order valence-electron chi connectivity index (χ2n) is 4.39. The molecule has 0 aromatic heterocycles. The lowest BCUT2D eigenvalue weighted by Crippen LogP contribution is -2.08. The van der Waals surface area contributed by atoms with Gasteiger partial charge in [-0.3, -0.25) is 0 Å². The Balaban J connectivity index is 1.93.